The summed E-state index contributed by atoms with van der Waals surface area (Å²) >= 11 is 5.71. The van der Waals surface area contributed by atoms with Gasteiger partial charge in [-0.15, -0.1) is 0 Å². The SMILES string of the molecule is O=C(c1ccc(Cl)cc1F)N1CCN(C(=O)C2CCCN2)CC1. The number of halogens is 2. The van der Waals surface area contributed by atoms with Crippen molar-refractivity contribution < 1.29 is 14.0 Å². The molecule has 0 radical (unpaired) electrons. The fourth-order valence-corrected chi connectivity index (χ4v) is 3.24. The summed E-state index contributed by atoms with van der Waals surface area (Å²) in [6, 6.07) is 3.95. The number of carbonyl (C=O) groups excluding carboxylic acids is 2. The van der Waals surface area contributed by atoms with Crippen molar-refractivity contribution in [1.82, 2.24) is 15.1 Å². The number of hydrogen-bond acceptors (Lipinski definition) is 3. The molecule has 2 heterocycles. The van der Waals surface area contributed by atoms with Gasteiger partial charge in [0.2, 0.25) is 5.91 Å². The number of carbonyl (C=O) groups is 2. The van der Waals surface area contributed by atoms with Crippen LogP contribution in [0.2, 0.25) is 5.02 Å². The molecule has 5 nitrogen and oxygen atoms in total. The molecule has 1 atom stereocenters. The number of hydrogen-bond donors (Lipinski definition) is 1. The van der Waals surface area contributed by atoms with Crippen molar-refractivity contribution in [3.63, 3.8) is 0 Å². The van der Waals surface area contributed by atoms with Gasteiger partial charge in [-0.05, 0) is 37.6 Å². The second kappa shape index (κ2) is 6.84. The van der Waals surface area contributed by atoms with E-state index in [1.165, 1.54) is 12.1 Å². The average Bonchev–Trinajstić information content (AvgIpc) is 3.08. The third kappa shape index (κ3) is 3.48. The largest absolute Gasteiger partial charge is 0.338 e. The summed E-state index contributed by atoms with van der Waals surface area (Å²) in [5.74, 6) is -0.867. The van der Waals surface area contributed by atoms with E-state index in [1.54, 1.807) is 9.80 Å². The van der Waals surface area contributed by atoms with Gasteiger partial charge in [-0.3, -0.25) is 9.59 Å². The second-order valence-electron chi connectivity index (χ2n) is 5.89. The monoisotopic (exact) mass is 339 g/mol. The van der Waals surface area contributed by atoms with Crippen LogP contribution in [0.3, 0.4) is 0 Å². The summed E-state index contributed by atoms with van der Waals surface area (Å²) in [6.45, 7) is 2.68. The molecule has 0 aliphatic carbocycles. The highest BCUT2D eigenvalue weighted by Gasteiger charge is 2.31. The zero-order valence-corrected chi connectivity index (χ0v) is 13.5. The van der Waals surface area contributed by atoms with Gasteiger partial charge in [-0.2, -0.15) is 0 Å². The van der Waals surface area contributed by atoms with Gasteiger partial charge in [-0.1, -0.05) is 11.6 Å². The maximum Gasteiger partial charge on any atom is 0.256 e. The Morgan fingerprint density at radius 3 is 2.48 bits per heavy atom. The highest BCUT2D eigenvalue weighted by molar-refractivity contribution is 6.30. The van der Waals surface area contributed by atoms with Crippen LogP contribution < -0.4 is 5.32 Å². The maximum atomic E-state index is 13.9. The van der Waals surface area contributed by atoms with E-state index < -0.39 is 5.82 Å². The lowest BCUT2D eigenvalue weighted by molar-refractivity contribution is -0.134. The van der Waals surface area contributed by atoms with Crippen LogP contribution in [0, 0.1) is 5.82 Å². The van der Waals surface area contributed by atoms with E-state index in [0.717, 1.165) is 25.5 Å². The van der Waals surface area contributed by atoms with Gasteiger partial charge in [0.05, 0.1) is 11.6 Å². The first kappa shape index (κ1) is 16.2. The van der Waals surface area contributed by atoms with Crippen molar-refractivity contribution >= 4 is 23.4 Å². The van der Waals surface area contributed by atoms with E-state index in [9.17, 15) is 14.0 Å². The van der Waals surface area contributed by atoms with E-state index in [1.807, 2.05) is 0 Å². The Balaban J connectivity index is 1.60. The van der Waals surface area contributed by atoms with Gasteiger partial charge >= 0.3 is 0 Å². The summed E-state index contributed by atoms with van der Waals surface area (Å²) in [5, 5.41) is 3.45. The molecule has 2 aliphatic rings. The smallest absolute Gasteiger partial charge is 0.256 e. The third-order valence-electron chi connectivity index (χ3n) is 4.40. The van der Waals surface area contributed by atoms with E-state index in [2.05, 4.69) is 5.32 Å². The molecular weight excluding hydrogens is 321 g/mol. The van der Waals surface area contributed by atoms with Gasteiger partial charge in [0.25, 0.3) is 5.91 Å². The van der Waals surface area contributed by atoms with Crippen LogP contribution in [0.5, 0.6) is 0 Å². The van der Waals surface area contributed by atoms with Gasteiger partial charge < -0.3 is 15.1 Å². The zero-order valence-electron chi connectivity index (χ0n) is 12.7. The van der Waals surface area contributed by atoms with Crippen molar-refractivity contribution in [2.45, 2.75) is 18.9 Å². The fraction of sp³-hybridized carbons (Fsp3) is 0.500. The molecule has 0 bridgehead atoms. The molecule has 1 N–H and O–H groups in total. The summed E-state index contributed by atoms with van der Waals surface area (Å²) in [4.78, 5) is 28.1. The van der Waals surface area contributed by atoms with Gasteiger partial charge in [-0.25, -0.2) is 4.39 Å². The molecule has 2 saturated heterocycles. The third-order valence-corrected chi connectivity index (χ3v) is 4.63. The van der Waals surface area contributed by atoms with Crippen molar-refractivity contribution in [3.05, 3.63) is 34.6 Å². The Hall–Kier alpha value is -1.66. The van der Waals surface area contributed by atoms with Crippen LogP contribution in [-0.2, 0) is 4.79 Å². The Morgan fingerprint density at radius 1 is 1.17 bits per heavy atom. The quantitative estimate of drug-likeness (QED) is 0.888. The number of nitrogens with zero attached hydrogens (tertiary/aromatic N) is 2. The summed E-state index contributed by atoms with van der Waals surface area (Å²) in [5.41, 5.74) is 0.0200. The Morgan fingerprint density at radius 2 is 1.87 bits per heavy atom. The predicted molar refractivity (Wildman–Crippen MR) is 84.9 cm³/mol. The van der Waals surface area contributed by atoms with Gasteiger partial charge in [0.1, 0.15) is 5.82 Å². The molecule has 124 valence electrons. The minimum atomic E-state index is -0.615. The standard InChI is InChI=1S/C16H19ClFN3O2/c17-11-3-4-12(13(18)10-11)15(22)20-6-8-21(9-7-20)16(23)14-2-1-5-19-14/h3-4,10,14,19H,1-2,5-9H2. The minimum absolute atomic E-state index is 0.0200. The topological polar surface area (TPSA) is 52.7 Å². The zero-order chi connectivity index (χ0) is 16.4. The van der Waals surface area contributed by atoms with Crippen molar-refractivity contribution in [3.8, 4) is 0 Å². The molecule has 2 fully saturated rings. The molecule has 0 saturated carbocycles. The normalized spacial score (nSPS) is 21.6. The molecule has 1 aromatic rings. The molecule has 2 amide bonds. The molecule has 0 spiro atoms. The number of rotatable bonds is 2. The van der Waals surface area contributed by atoms with E-state index in [-0.39, 0.29) is 28.4 Å². The molecular formula is C16H19ClFN3O2. The second-order valence-corrected chi connectivity index (χ2v) is 6.33. The number of amides is 2. The molecule has 2 aliphatic heterocycles. The summed E-state index contributed by atoms with van der Waals surface area (Å²) in [7, 11) is 0. The molecule has 1 unspecified atom stereocenters. The maximum absolute atomic E-state index is 13.9. The number of piperazine rings is 1. The van der Waals surface area contributed by atoms with E-state index >= 15 is 0 Å². The van der Waals surface area contributed by atoms with Crippen LogP contribution in [0.1, 0.15) is 23.2 Å². The number of benzene rings is 1. The van der Waals surface area contributed by atoms with E-state index in [0.29, 0.717) is 26.2 Å². The van der Waals surface area contributed by atoms with Crippen molar-refractivity contribution in [2.24, 2.45) is 0 Å². The molecule has 0 aromatic heterocycles. The summed E-state index contributed by atoms with van der Waals surface area (Å²) < 4.78 is 13.9. The minimum Gasteiger partial charge on any atom is -0.338 e. The first-order valence-corrected chi connectivity index (χ1v) is 8.20. The van der Waals surface area contributed by atoms with Crippen LogP contribution in [0.4, 0.5) is 4.39 Å². The highest BCUT2D eigenvalue weighted by Crippen LogP contribution is 2.18. The first-order valence-electron chi connectivity index (χ1n) is 7.83. The molecule has 1 aromatic carbocycles. The number of nitrogens with one attached hydrogen (secondary N) is 1. The Kier molecular flexibility index (Phi) is 4.82. The molecule has 7 heteroatoms. The van der Waals surface area contributed by atoms with Crippen molar-refractivity contribution in [1.29, 1.82) is 0 Å². The highest BCUT2D eigenvalue weighted by atomic mass is 35.5. The van der Waals surface area contributed by atoms with E-state index in [4.69, 9.17) is 11.6 Å². The molecule has 3 rings (SSSR count). The fourth-order valence-electron chi connectivity index (χ4n) is 3.08. The lowest BCUT2D eigenvalue weighted by Gasteiger charge is -2.36. The van der Waals surface area contributed by atoms with Crippen LogP contribution >= 0.6 is 11.6 Å². The predicted octanol–water partition coefficient (Wildman–Crippen LogP) is 1.52. The van der Waals surface area contributed by atoms with Gasteiger partial charge in [0, 0.05) is 31.2 Å². The van der Waals surface area contributed by atoms with Gasteiger partial charge in [0.15, 0.2) is 0 Å². The first-order chi connectivity index (χ1) is 11.1. The average molecular weight is 340 g/mol. The lowest BCUT2D eigenvalue weighted by Crippen LogP contribution is -2.54. The van der Waals surface area contributed by atoms with Crippen molar-refractivity contribution in [2.75, 3.05) is 32.7 Å². The Bertz CT molecular complexity index is 611. The Labute approximate surface area is 139 Å². The lowest BCUT2D eigenvalue weighted by atomic mass is 10.1. The molecule has 23 heavy (non-hydrogen) atoms. The van der Waals surface area contributed by atoms with Crippen LogP contribution in [-0.4, -0.2) is 60.4 Å². The van der Waals surface area contributed by atoms with Crippen LogP contribution in [0.15, 0.2) is 18.2 Å². The summed E-state index contributed by atoms with van der Waals surface area (Å²) in [6.07, 6.45) is 1.89. The van der Waals surface area contributed by atoms with Crippen LogP contribution in [0.25, 0.3) is 0 Å².